The van der Waals surface area contributed by atoms with E-state index in [1.54, 1.807) is 0 Å². The number of nitrogens with zero attached hydrogens (tertiary/aromatic N) is 1. The van der Waals surface area contributed by atoms with Gasteiger partial charge in [0, 0.05) is 7.05 Å². The topological polar surface area (TPSA) is 61.4 Å². The highest BCUT2D eigenvalue weighted by Crippen LogP contribution is 2.12. The second kappa shape index (κ2) is 7.27. The van der Waals surface area contributed by atoms with Gasteiger partial charge in [0.15, 0.2) is 0 Å². The summed E-state index contributed by atoms with van der Waals surface area (Å²) >= 11 is 0. The van der Waals surface area contributed by atoms with E-state index in [4.69, 9.17) is 0 Å². The first kappa shape index (κ1) is 14.0. The first-order valence-electron chi connectivity index (χ1n) is 6.41. The third-order valence-electron chi connectivity index (χ3n) is 3.28. The average Bonchev–Trinajstić information content (AvgIpc) is 2.27. The van der Waals surface area contributed by atoms with Crippen molar-refractivity contribution in [3.8, 4) is 0 Å². The third-order valence-corrected chi connectivity index (χ3v) is 3.28. The number of nitrogens with one attached hydrogen (secondary N) is 2. The molecule has 0 aliphatic carbocycles. The van der Waals surface area contributed by atoms with E-state index >= 15 is 0 Å². The van der Waals surface area contributed by atoms with Crippen molar-refractivity contribution in [2.24, 2.45) is 0 Å². The molecule has 1 aliphatic heterocycles. The molecule has 0 aromatic rings. The van der Waals surface area contributed by atoms with Gasteiger partial charge in [-0.3, -0.25) is 15.0 Å². The van der Waals surface area contributed by atoms with Gasteiger partial charge in [-0.05, 0) is 32.9 Å². The van der Waals surface area contributed by atoms with E-state index in [1.165, 1.54) is 26.3 Å². The molecule has 1 fully saturated rings. The quantitative estimate of drug-likeness (QED) is 0.761. The SMILES string of the molecule is CNC(=O)NC(=O)C(C)N1CCCCCCC1. The Morgan fingerprint density at radius 2 is 1.59 bits per heavy atom. The fourth-order valence-electron chi connectivity index (χ4n) is 2.10. The first-order valence-corrected chi connectivity index (χ1v) is 6.41. The molecule has 0 aromatic carbocycles. The molecule has 0 bridgehead atoms. The summed E-state index contributed by atoms with van der Waals surface area (Å²) in [6.07, 6.45) is 6.04. The Bertz CT molecular complexity index is 260. The van der Waals surface area contributed by atoms with Gasteiger partial charge in [-0.1, -0.05) is 19.3 Å². The Balaban J connectivity index is 2.45. The van der Waals surface area contributed by atoms with Crippen molar-refractivity contribution in [3.05, 3.63) is 0 Å². The van der Waals surface area contributed by atoms with Gasteiger partial charge in [-0.2, -0.15) is 0 Å². The van der Waals surface area contributed by atoms with Gasteiger partial charge in [0.2, 0.25) is 5.91 Å². The molecule has 1 rings (SSSR count). The minimum absolute atomic E-state index is 0.218. The van der Waals surface area contributed by atoms with Gasteiger partial charge in [0.05, 0.1) is 6.04 Å². The minimum atomic E-state index is -0.436. The molecule has 5 heteroatoms. The zero-order valence-corrected chi connectivity index (χ0v) is 10.8. The Kier molecular flexibility index (Phi) is 5.97. The standard InChI is InChI=1S/C12H23N3O2/c1-10(11(16)14-12(17)13-2)15-8-6-4-3-5-7-9-15/h10H,3-9H2,1-2H3,(H2,13,14,16,17). The van der Waals surface area contributed by atoms with Crippen molar-refractivity contribution in [3.63, 3.8) is 0 Å². The van der Waals surface area contributed by atoms with Crippen LogP contribution in [0.3, 0.4) is 0 Å². The largest absolute Gasteiger partial charge is 0.341 e. The molecule has 1 unspecified atom stereocenters. The fraction of sp³-hybridized carbons (Fsp3) is 0.833. The van der Waals surface area contributed by atoms with Crippen molar-refractivity contribution in [2.45, 2.75) is 45.1 Å². The van der Waals surface area contributed by atoms with Gasteiger partial charge in [0.25, 0.3) is 0 Å². The molecule has 17 heavy (non-hydrogen) atoms. The van der Waals surface area contributed by atoms with Crippen LogP contribution in [0.25, 0.3) is 0 Å². The summed E-state index contributed by atoms with van der Waals surface area (Å²) < 4.78 is 0. The number of hydrogen-bond donors (Lipinski definition) is 2. The highest BCUT2D eigenvalue weighted by molar-refractivity contribution is 5.96. The zero-order chi connectivity index (χ0) is 12.7. The molecule has 0 radical (unpaired) electrons. The molecule has 98 valence electrons. The molecule has 1 aliphatic rings. The van der Waals surface area contributed by atoms with Crippen molar-refractivity contribution in [1.82, 2.24) is 15.5 Å². The van der Waals surface area contributed by atoms with Crippen LogP contribution in [0.15, 0.2) is 0 Å². The zero-order valence-electron chi connectivity index (χ0n) is 10.8. The lowest BCUT2D eigenvalue weighted by atomic mass is 10.1. The molecule has 1 atom stereocenters. The van der Waals surface area contributed by atoms with Gasteiger partial charge >= 0.3 is 6.03 Å². The van der Waals surface area contributed by atoms with E-state index in [-0.39, 0.29) is 11.9 Å². The molecule has 0 saturated carbocycles. The number of hydrogen-bond acceptors (Lipinski definition) is 3. The first-order chi connectivity index (χ1) is 8.15. The predicted molar refractivity (Wildman–Crippen MR) is 66.7 cm³/mol. The van der Waals surface area contributed by atoms with Crippen LogP contribution in [0.1, 0.15) is 39.0 Å². The lowest BCUT2D eigenvalue weighted by Crippen LogP contribution is -2.49. The van der Waals surface area contributed by atoms with Crippen molar-refractivity contribution in [1.29, 1.82) is 0 Å². The van der Waals surface area contributed by atoms with Crippen molar-refractivity contribution < 1.29 is 9.59 Å². The second-order valence-corrected chi connectivity index (χ2v) is 4.55. The van der Waals surface area contributed by atoms with Crippen molar-refractivity contribution >= 4 is 11.9 Å². The second-order valence-electron chi connectivity index (χ2n) is 4.55. The predicted octanol–water partition coefficient (Wildman–Crippen LogP) is 1.10. The Hall–Kier alpha value is -1.10. The maximum Gasteiger partial charge on any atom is 0.321 e. The molecule has 1 saturated heterocycles. The summed E-state index contributed by atoms with van der Waals surface area (Å²) in [7, 11) is 1.50. The number of urea groups is 1. The Labute approximate surface area is 103 Å². The van der Waals surface area contributed by atoms with Gasteiger partial charge in [0.1, 0.15) is 0 Å². The molecule has 0 aromatic heterocycles. The van der Waals surface area contributed by atoms with E-state index in [0.717, 1.165) is 25.9 Å². The van der Waals surface area contributed by atoms with Crippen LogP contribution in [0, 0.1) is 0 Å². The summed E-state index contributed by atoms with van der Waals surface area (Å²) in [5.41, 5.74) is 0. The van der Waals surface area contributed by atoms with E-state index < -0.39 is 6.03 Å². The Morgan fingerprint density at radius 3 is 2.12 bits per heavy atom. The summed E-state index contributed by atoms with van der Waals surface area (Å²) in [5, 5.41) is 4.72. The Morgan fingerprint density at radius 1 is 1.06 bits per heavy atom. The van der Waals surface area contributed by atoms with Gasteiger partial charge in [-0.25, -0.2) is 4.79 Å². The number of amides is 3. The number of likely N-dealkylation sites (tertiary alicyclic amines) is 1. The summed E-state index contributed by atoms with van der Waals surface area (Å²) in [4.78, 5) is 25.0. The highest BCUT2D eigenvalue weighted by atomic mass is 16.2. The lowest BCUT2D eigenvalue weighted by molar-refractivity contribution is -0.124. The van der Waals surface area contributed by atoms with Crippen LogP contribution >= 0.6 is 0 Å². The maximum absolute atomic E-state index is 11.8. The number of imide groups is 1. The highest BCUT2D eigenvalue weighted by Gasteiger charge is 2.22. The number of carbonyl (C=O) groups excluding carboxylic acids is 2. The lowest BCUT2D eigenvalue weighted by Gasteiger charge is -2.29. The van der Waals surface area contributed by atoms with E-state index in [2.05, 4.69) is 15.5 Å². The molecule has 5 nitrogen and oxygen atoms in total. The molecular formula is C12H23N3O2. The normalized spacial score (nSPS) is 19.9. The van der Waals surface area contributed by atoms with Crippen molar-refractivity contribution in [2.75, 3.05) is 20.1 Å². The van der Waals surface area contributed by atoms with Gasteiger partial charge < -0.3 is 5.32 Å². The third kappa shape index (κ3) is 4.73. The molecule has 0 spiro atoms. The molecule has 1 heterocycles. The molecule has 2 N–H and O–H groups in total. The van der Waals surface area contributed by atoms with Crippen LogP contribution in [0.5, 0.6) is 0 Å². The van der Waals surface area contributed by atoms with E-state index in [9.17, 15) is 9.59 Å². The van der Waals surface area contributed by atoms with Crippen LogP contribution in [0.4, 0.5) is 4.79 Å². The number of rotatable bonds is 2. The summed E-state index contributed by atoms with van der Waals surface area (Å²) in [5.74, 6) is -0.218. The van der Waals surface area contributed by atoms with Crippen LogP contribution in [-0.4, -0.2) is 43.0 Å². The van der Waals surface area contributed by atoms with Crippen LogP contribution in [0.2, 0.25) is 0 Å². The summed E-state index contributed by atoms with van der Waals surface area (Å²) in [6.45, 7) is 3.75. The fourth-order valence-corrected chi connectivity index (χ4v) is 2.10. The van der Waals surface area contributed by atoms with E-state index in [0.29, 0.717) is 0 Å². The van der Waals surface area contributed by atoms with Gasteiger partial charge in [-0.15, -0.1) is 0 Å². The van der Waals surface area contributed by atoms with E-state index in [1.807, 2.05) is 6.92 Å². The van der Waals surface area contributed by atoms with Crippen LogP contribution < -0.4 is 10.6 Å². The number of carbonyl (C=O) groups is 2. The van der Waals surface area contributed by atoms with Crippen LogP contribution in [-0.2, 0) is 4.79 Å². The molecule has 3 amide bonds. The smallest absolute Gasteiger partial charge is 0.321 e. The summed E-state index contributed by atoms with van der Waals surface area (Å²) in [6, 6.07) is -0.667. The maximum atomic E-state index is 11.8. The molecular weight excluding hydrogens is 218 g/mol. The monoisotopic (exact) mass is 241 g/mol. The average molecular weight is 241 g/mol. The minimum Gasteiger partial charge on any atom is -0.341 e.